The van der Waals surface area contributed by atoms with Crippen LogP contribution in [0.1, 0.15) is 31.7 Å². The Bertz CT molecular complexity index is 402. The van der Waals surface area contributed by atoms with Crippen molar-refractivity contribution in [1.82, 2.24) is 0 Å². The molecule has 0 radical (unpaired) electrons. The summed E-state index contributed by atoms with van der Waals surface area (Å²) >= 11 is 0. The quantitative estimate of drug-likeness (QED) is 0.757. The molecule has 0 spiro atoms. The third-order valence-corrected chi connectivity index (χ3v) is 3.62. The molecule has 0 heterocycles. The van der Waals surface area contributed by atoms with E-state index in [1.807, 2.05) is 31.2 Å². The van der Waals surface area contributed by atoms with Gasteiger partial charge in [0.05, 0.1) is 12.5 Å². The first-order chi connectivity index (χ1) is 9.07. The molecule has 1 aromatic carbocycles. The number of ether oxygens (including phenoxy) is 1. The van der Waals surface area contributed by atoms with Crippen molar-refractivity contribution in [3.05, 3.63) is 29.8 Å². The van der Waals surface area contributed by atoms with Gasteiger partial charge in [0.25, 0.3) is 0 Å². The van der Waals surface area contributed by atoms with Crippen LogP contribution in [0.5, 0.6) is 5.75 Å². The number of nitrogens with two attached hydrogens (primary N) is 1. The summed E-state index contributed by atoms with van der Waals surface area (Å²) in [7, 11) is 1.63. The van der Waals surface area contributed by atoms with Gasteiger partial charge >= 0.3 is 5.97 Å². The Labute approximate surface area is 114 Å². The number of benzene rings is 1. The lowest BCUT2D eigenvalue weighted by atomic mass is 9.78. The van der Waals surface area contributed by atoms with Crippen LogP contribution in [0, 0.1) is 5.41 Å². The van der Waals surface area contributed by atoms with Crippen molar-refractivity contribution in [2.24, 2.45) is 11.1 Å². The zero-order chi connectivity index (χ0) is 14.3. The number of aryl methyl sites for hydroxylation is 1. The first-order valence-corrected chi connectivity index (χ1v) is 6.64. The van der Waals surface area contributed by atoms with Crippen LogP contribution in [0.3, 0.4) is 0 Å². The van der Waals surface area contributed by atoms with Crippen molar-refractivity contribution < 1.29 is 14.6 Å². The summed E-state index contributed by atoms with van der Waals surface area (Å²) in [5, 5.41) is 9.42. The molecule has 106 valence electrons. The summed E-state index contributed by atoms with van der Waals surface area (Å²) in [5.74, 6) is 0.0194. The van der Waals surface area contributed by atoms with Gasteiger partial charge in [0.1, 0.15) is 5.75 Å². The lowest BCUT2D eigenvalue weighted by Gasteiger charge is -2.27. The summed E-state index contributed by atoms with van der Waals surface area (Å²) < 4.78 is 5.10. The summed E-state index contributed by atoms with van der Waals surface area (Å²) in [6, 6.07) is 7.71. The highest BCUT2D eigenvalue weighted by Gasteiger charge is 2.35. The molecule has 0 aliphatic rings. The Kier molecular flexibility index (Phi) is 5.83. The molecule has 0 aliphatic carbocycles. The van der Waals surface area contributed by atoms with E-state index in [0.29, 0.717) is 19.3 Å². The monoisotopic (exact) mass is 265 g/mol. The predicted octanol–water partition coefficient (Wildman–Crippen LogP) is 2.46. The first kappa shape index (κ1) is 15.5. The molecule has 0 fully saturated rings. The van der Waals surface area contributed by atoms with Gasteiger partial charge in [-0.2, -0.15) is 0 Å². The van der Waals surface area contributed by atoms with Crippen LogP contribution in [-0.4, -0.2) is 24.7 Å². The molecule has 1 unspecified atom stereocenters. The maximum Gasteiger partial charge on any atom is 0.310 e. The molecule has 1 atom stereocenters. The van der Waals surface area contributed by atoms with Gasteiger partial charge in [0.2, 0.25) is 0 Å². The fraction of sp³-hybridized carbons (Fsp3) is 0.533. The van der Waals surface area contributed by atoms with Crippen LogP contribution < -0.4 is 10.5 Å². The molecule has 19 heavy (non-hydrogen) atoms. The molecule has 1 rings (SSSR count). The van der Waals surface area contributed by atoms with Gasteiger partial charge in [-0.25, -0.2) is 0 Å². The van der Waals surface area contributed by atoms with Crippen LogP contribution in [-0.2, 0) is 11.2 Å². The lowest BCUT2D eigenvalue weighted by Crippen LogP contribution is -2.39. The Morgan fingerprint density at radius 1 is 1.32 bits per heavy atom. The minimum atomic E-state index is -0.797. The third-order valence-electron chi connectivity index (χ3n) is 3.62. The molecule has 0 aromatic heterocycles. The molecule has 1 aromatic rings. The summed E-state index contributed by atoms with van der Waals surface area (Å²) in [4.78, 5) is 11.5. The maximum absolute atomic E-state index is 11.5. The van der Waals surface area contributed by atoms with E-state index in [9.17, 15) is 9.90 Å². The van der Waals surface area contributed by atoms with Gasteiger partial charge in [-0.05, 0) is 37.0 Å². The average molecular weight is 265 g/mol. The molecule has 0 aliphatic heterocycles. The molecular formula is C15H23NO3. The molecule has 0 amide bonds. The van der Waals surface area contributed by atoms with Crippen molar-refractivity contribution in [1.29, 1.82) is 0 Å². The number of aliphatic carboxylic acids is 1. The van der Waals surface area contributed by atoms with E-state index in [4.69, 9.17) is 10.5 Å². The van der Waals surface area contributed by atoms with Crippen molar-refractivity contribution in [2.45, 2.75) is 32.6 Å². The van der Waals surface area contributed by atoms with Crippen LogP contribution in [0.4, 0.5) is 0 Å². The molecule has 0 saturated carbocycles. The van der Waals surface area contributed by atoms with Crippen LogP contribution in [0.2, 0.25) is 0 Å². The van der Waals surface area contributed by atoms with Crippen LogP contribution >= 0.6 is 0 Å². The van der Waals surface area contributed by atoms with Gasteiger partial charge in [-0.3, -0.25) is 4.79 Å². The smallest absolute Gasteiger partial charge is 0.310 e. The number of rotatable bonds is 8. The molecule has 4 heteroatoms. The second-order valence-corrected chi connectivity index (χ2v) is 4.89. The normalized spacial score (nSPS) is 13.8. The Morgan fingerprint density at radius 3 is 2.37 bits per heavy atom. The van der Waals surface area contributed by atoms with Crippen molar-refractivity contribution in [2.75, 3.05) is 13.7 Å². The number of carbonyl (C=O) groups is 1. The van der Waals surface area contributed by atoms with E-state index in [2.05, 4.69) is 0 Å². The predicted molar refractivity (Wildman–Crippen MR) is 75.3 cm³/mol. The molecular weight excluding hydrogens is 242 g/mol. The molecule has 3 N–H and O–H groups in total. The van der Waals surface area contributed by atoms with E-state index in [0.717, 1.165) is 17.7 Å². The standard InChI is InChI=1S/C15H23NO3/c1-3-9-15(11-16,14(17)18)10-8-12-4-6-13(19-2)7-5-12/h4-7H,3,8-11,16H2,1-2H3,(H,17,18). The summed E-state index contributed by atoms with van der Waals surface area (Å²) in [6.07, 6.45) is 2.73. The van der Waals surface area contributed by atoms with Crippen molar-refractivity contribution in [3.63, 3.8) is 0 Å². The zero-order valence-electron chi connectivity index (χ0n) is 11.7. The second kappa shape index (κ2) is 7.14. The molecule has 4 nitrogen and oxygen atoms in total. The fourth-order valence-electron chi connectivity index (χ4n) is 2.28. The van der Waals surface area contributed by atoms with Crippen molar-refractivity contribution >= 4 is 5.97 Å². The second-order valence-electron chi connectivity index (χ2n) is 4.89. The lowest BCUT2D eigenvalue weighted by molar-refractivity contribution is -0.149. The number of carboxylic acid groups (broad SMARTS) is 1. The number of methoxy groups -OCH3 is 1. The molecule has 0 saturated heterocycles. The fourth-order valence-corrected chi connectivity index (χ4v) is 2.28. The highest BCUT2D eigenvalue weighted by atomic mass is 16.5. The average Bonchev–Trinajstić information content (AvgIpc) is 2.43. The van der Waals surface area contributed by atoms with E-state index in [-0.39, 0.29) is 6.54 Å². The van der Waals surface area contributed by atoms with Crippen molar-refractivity contribution in [3.8, 4) is 5.75 Å². The maximum atomic E-state index is 11.5. The number of hydrogen-bond acceptors (Lipinski definition) is 3. The molecule has 0 bridgehead atoms. The largest absolute Gasteiger partial charge is 0.497 e. The topological polar surface area (TPSA) is 72.5 Å². The van der Waals surface area contributed by atoms with Gasteiger partial charge in [0.15, 0.2) is 0 Å². The highest BCUT2D eigenvalue weighted by molar-refractivity contribution is 5.75. The number of hydrogen-bond donors (Lipinski definition) is 2. The number of carboxylic acids is 1. The minimum absolute atomic E-state index is 0.187. The Morgan fingerprint density at radius 2 is 1.95 bits per heavy atom. The van der Waals surface area contributed by atoms with Gasteiger partial charge < -0.3 is 15.6 Å². The SMILES string of the molecule is CCCC(CN)(CCc1ccc(OC)cc1)C(=O)O. The summed E-state index contributed by atoms with van der Waals surface area (Å²) in [5.41, 5.74) is 6.01. The van der Waals surface area contributed by atoms with E-state index in [1.165, 1.54) is 0 Å². The van der Waals surface area contributed by atoms with Crippen LogP contribution in [0.15, 0.2) is 24.3 Å². The van der Waals surface area contributed by atoms with Gasteiger partial charge in [0, 0.05) is 6.54 Å². The van der Waals surface area contributed by atoms with E-state index < -0.39 is 11.4 Å². The summed E-state index contributed by atoms with van der Waals surface area (Å²) in [6.45, 7) is 2.17. The minimum Gasteiger partial charge on any atom is -0.497 e. The van der Waals surface area contributed by atoms with Gasteiger partial charge in [-0.1, -0.05) is 25.5 Å². The Balaban J connectivity index is 2.72. The highest BCUT2D eigenvalue weighted by Crippen LogP contribution is 2.29. The third kappa shape index (κ3) is 3.96. The Hall–Kier alpha value is -1.55. The first-order valence-electron chi connectivity index (χ1n) is 6.64. The zero-order valence-corrected chi connectivity index (χ0v) is 11.7. The van der Waals surface area contributed by atoms with E-state index in [1.54, 1.807) is 7.11 Å². The van der Waals surface area contributed by atoms with Gasteiger partial charge in [-0.15, -0.1) is 0 Å². The van der Waals surface area contributed by atoms with Crippen LogP contribution in [0.25, 0.3) is 0 Å². The van der Waals surface area contributed by atoms with E-state index >= 15 is 0 Å².